The highest BCUT2D eigenvalue weighted by Gasteiger charge is 2.16. The van der Waals surface area contributed by atoms with Crippen molar-refractivity contribution in [2.75, 3.05) is 18.4 Å². The predicted octanol–water partition coefficient (Wildman–Crippen LogP) is 1.93. The molecule has 0 spiro atoms. The second-order valence-corrected chi connectivity index (χ2v) is 8.17. The molecule has 0 radical (unpaired) electrons. The highest BCUT2D eigenvalue weighted by Crippen LogP contribution is 2.18. The number of hydrogen-bond donors (Lipinski definition) is 4. The Morgan fingerprint density at radius 3 is 2.46 bits per heavy atom. The zero-order valence-electron chi connectivity index (χ0n) is 13.8. The van der Waals surface area contributed by atoms with Crippen LogP contribution in [0.3, 0.4) is 0 Å². The molecule has 0 saturated heterocycles. The molecule has 1 aliphatic carbocycles. The second kappa shape index (κ2) is 9.31. The molecule has 6 nitrogen and oxygen atoms in total. The summed E-state index contributed by atoms with van der Waals surface area (Å²) in [6.07, 6.45) is 6.31. The van der Waals surface area contributed by atoms with Crippen molar-refractivity contribution in [3.63, 3.8) is 0 Å². The fourth-order valence-corrected chi connectivity index (χ4v) is 4.06. The Hall–Kier alpha value is -1.22. The van der Waals surface area contributed by atoms with Gasteiger partial charge in [0.1, 0.15) is 0 Å². The van der Waals surface area contributed by atoms with Gasteiger partial charge in [-0.15, -0.1) is 0 Å². The molecule has 1 aromatic carbocycles. The van der Waals surface area contributed by atoms with Crippen LogP contribution in [-0.2, 0) is 10.0 Å². The fraction of sp³-hybridized carbons (Fsp3) is 0.562. The molecule has 0 unspecified atom stereocenters. The Kier molecular flexibility index (Phi) is 7.41. The van der Waals surface area contributed by atoms with Crippen LogP contribution in [-0.4, -0.2) is 32.7 Å². The van der Waals surface area contributed by atoms with Gasteiger partial charge in [-0.25, -0.2) is 13.1 Å². The number of nitrogens with one attached hydrogen (secondary N) is 3. The summed E-state index contributed by atoms with van der Waals surface area (Å²) < 4.78 is 26.9. The minimum absolute atomic E-state index is 0.246. The van der Waals surface area contributed by atoms with Crippen molar-refractivity contribution in [3.8, 4) is 0 Å². The third-order valence-corrected chi connectivity index (χ3v) is 5.73. The topological polar surface area (TPSA) is 96.2 Å². The molecule has 24 heavy (non-hydrogen) atoms. The summed E-state index contributed by atoms with van der Waals surface area (Å²) in [5.74, 6) is 0. The smallest absolute Gasteiger partial charge is 0.240 e. The highest BCUT2D eigenvalue weighted by atomic mass is 32.2. The Labute approximate surface area is 149 Å². The van der Waals surface area contributed by atoms with Gasteiger partial charge in [-0.1, -0.05) is 12.8 Å². The molecule has 1 aromatic rings. The van der Waals surface area contributed by atoms with E-state index in [0.29, 0.717) is 24.2 Å². The van der Waals surface area contributed by atoms with Crippen LogP contribution >= 0.6 is 12.2 Å². The monoisotopic (exact) mass is 370 g/mol. The number of thiocarbonyl (C=S) groups is 1. The first-order chi connectivity index (χ1) is 11.5. The van der Waals surface area contributed by atoms with Gasteiger partial charge in [0.05, 0.1) is 4.90 Å². The maximum Gasteiger partial charge on any atom is 0.240 e. The summed E-state index contributed by atoms with van der Waals surface area (Å²) >= 11 is 5.30. The first kappa shape index (κ1) is 19.1. The van der Waals surface area contributed by atoms with E-state index in [1.165, 1.54) is 12.8 Å². The lowest BCUT2D eigenvalue weighted by molar-refractivity contribution is 0.577. The first-order valence-electron chi connectivity index (χ1n) is 8.38. The summed E-state index contributed by atoms with van der Waals surface area (Å²) in [6.45, 7) is 0.964. The van der Waals surface area contributed by atoms with Crippen LogP contribution in [0.5, 0.6) is 0 Å². The normalized spacial score (nSPS) is 15.4. The van der Waals surface area contributed by atoms with Crippen LogP contribution in [0.4, 0.5) is 5.69 Å². The first-order valence-corrected chi connectivity index (χ1v) is 10.3. The van der Waals surface area contributed by atoms with E-state index in [9.17, 15) is 8.42 Å². The van der Waals surface area contributed by atoms with Crippen molar-refractivity contribution in [3.05, 3.63) is 24.3 Å². The maximum absolute atomic E-state index is 12.2. The number of anilines is 1. The van der Waals surface area contributed by atoms with Gasteiger partial charge < -0.3 is 16.4 Å². The molecule has 0 amide bonds. The number of hydrogen-bond acceptors (Lipinski definition) is 4. The molecule has 134 valence electrons. The molecule has 0 aromatic heterocycles. The molecule has 1 fully saturated rings. The zero-order chi connectivity index (χ0) is 17.4. The van der Waals surface area contributed by atoms with E-state index >= 15 is 0 Å². The van der Waals surface area contributed by atoms with E-state index in [-0.39, 0.29) is 4.90 Å². The molecule has 1 saturated carbocycles. The minimum atomic E-state index is -3.47. The van der Waals surface area contributed by atoms with Gasteiger partial charge in [-0.2, -0.15) is 0 Å². The number of benzene rings is 1. The van der Waals surface area contributed by atoms with Gasteiger partial charge in [-0.3, -0.25) is 0 Å². The third kappa shape index (κ3) is 6.01. The third-order valence-electron chi connectivity index (χ3n) is 4.04. The van der Waals surface area contributed by atoms with Gasteiger partial charge in [0.2, 0.25) is 10.0 Å². The lowest BCUT2D eigenvalue weighted by atomic mass is 10.2. The van der Waals surface area contributed by atoms with Crippen LogP contribution in [0.1, 0.15) is 38.5 Å². The summed E-state index contributed by atoms with van der Waals surface area (Å²) in [4.78, 5) is 0.246. The predicted molar refractivity (Wildman–Crippen MR) is 102 cm³/mol. The fourth-order valence-electron chi connectivity index (χ4n) is 2.70. The molecule has 0 atom stereocenters. The van der Waals surface area contributed by atoms with Crippen molar-refractivity contribution in [1.82, 2.24) is 10.0 Å². The summed E-state index contributed by atoms with van der Waals surface area (Å²) in [6, 6.07) is 7.04. The quantitative estimate of drug-likeness (QED) is 0.412. The van der Waals surface area contributed by atoms with Crippen LogP contribution in [0, 0.1) is 0 Å². The van der Waals surface area contributed by atoms with Crippen molar-refractivity contribution >= 4 is 33.0 Å². The lowest BCUT2D eigenvalue weighted by Gasteiger charge is -2.16. The number of sulfonamides is 1. The Balaban J connectivity index is 1.86. The largest absolute Gasteiger partial charge is 0.360 e. The Bertz CT molecular complexity index is 626. The van der Waals surface area contributed by atoms with E-state index in [1.807, 2.05) is 0 Å². The van der Waals surface area contributed by atoms with E-state index in [2.05, 4.69) is 15.4 Å². The molecule has 2 rings (SSSR count). The Morgan fingerprint density at radius 2 is 1.83 bits per heavy atom. The standard InChI is InChI=1S/C16H26N4O2S2/c17-11-3-4-12-18-24(21,22)15-9-7-14(8-10-15)20-16(23)19-13-5-1-2-6-13/h7-10,13,18H,1-6,11-12,17H2,(H2,19,20,23). The molecule has 8 heteroatoms. The van der Waals surface area contributed by atoms with Gasteiger partial charge in [0, 0.05) is 18.3 Å². The summed E-state index contributed by atoms with van der Waals surface area (Å²) in [7, 11) is -3.47. The molecule has 1 aliphatic rings. The molecule has 0 heterocycles. The second-order valence-electron chi connectivity index (χ2n) is 6.00. The number of unbranched alkanes of at least 4 members (excludes halogenated alkanes) is 1. The van der Waals surface area contributed by atoms with E-state index < -0.39 is 10.0 Å². The van der Waals surface area contributed by atoms with Gasteiger partial charge in [-0.05, 0) is 68.7 Å². The van der Waals surface area contributed by atoms with Crippen LogP contribution < -0.4 is 21.1 Å². The molecular formula is C16H26N4O2S2. The molecule has 0 aliphatic heterocycles. The van der Waals surface area contributed by atoms with Gasteiger partial charge in [0.15, 0.2) is 5.11 Å². The van der Waals surface area contributed by atoms with Crippen molar-refractivity contribution < 1.29 is 8.42 Å². The van der Waals surface area contributed by atoms with Crippen LogP contribution in [0.25, 0.3) is 0 Å². The number of rotatable bonds is 8. The maximum atomic E-state index is 12.2. The summed E-state index contributed by atoms with van der Waals surface area (Å²) in [5, 5.41) is 6.97. The van der Waals surface area contributed by atoms with Crippen molar-refractivity contribution in [1.29, 1.82) is 0 Å². The highest BCUT2D eigenvalue weighted by molar-refractivity contribution is 7.89. The van der Waals surface area contributed by atoms with Gasteiger partial charge in [0.25, 0.3) is 0 Å². The van der Waals surface area contributed by atoms with E-state index in [0.717, 1.165) is 31.4 Å². The molecular weight excluding hydrogens is 344 g/mol. The van der Waals surface area contributed by atoms with Crippen molar-refractivity contribution in [2.45, 2.75) is 49.5 Å². The average Bonchev–Trinajstić information content (AvgIpc) is 3.05. The average molecular weight is 371 g/mol. The molecule has 0 bridgehead atoms. The Morgan fingerprint density at radius 1 is 1.17 bits per heavy atom. The van der Waals surface area contributed by atoms with Crippen LogP contribution in [0.2, 0.25) is 0 Å². The summed E-state index contributed by atoms with van der Waals surface area (Å²) in [5.41, 5.74) is 6.17. The van der Waals surface area contributed by atoms with E-state index in [4.69, 9.17) is 18.0 Å². The van der Waals surface area contributed by atoms with Crippen molar-refractivity contribution in [2.24, 2.45) is 5.73 Å². The molecule has 5 N–H and O–H groups in total. The lowest BCUT2D eigenvalue weighted by Crippen LogP contribution is -2.35. The van der Waals surface area contributed by atoms with Crippen LogP contribution in [0.15, 0.2) is 29.2 Å². The SMILES string of the molecule is NCCCCNS(=O)(=O)c1ccc(NC(=S)NC2CCCC2)cc1. The minimum Gasteiger partial charge on any atom is -0.360 e. The zero-order valence-corrected chi connectivity index (χ0v) is 15.4. The van der Waals surface area contributed by atoms with E-state index in [1.54, 1.807) is 24.3 Å². The number of nitrogens with two attached hydrogens (primary N) is 1. The van der Waals surface area contributed by atoms with Gasteiger partial charge >= 0.3 is 0 Å².